The lowest BCUT2D eigenvalue weighted by atomic mass is 10.4. The topological polar surface area (TPSA) is 51.8 Å². The van der Waals surface area contributed by atoms with Gasteiger partial charge in [0.1, 0.15) is 6.54 Å². The van der Waals surface area contributed by atoms with Gasteiger partial charge in [-0.15, -0.1) is 10.2 Å². The second-order valence-corrected chi connectivity index (χ2v) is 5.76. The number of aromatic nitrogens is 5. The number of nitrogens with zero attached hydrogens (tertiary/aromatic N) is 6. The second-order valence-electron chi connectivity index (χ2n) is 5.76. The van der Waals surface area contributed by atoms with E-state index in [9.17, 15) is 0 Å². The van der Waals surface area contributed by atoms with Crippen molar-refractivity contribution in [1.82, 2.24) is 24.5 Å². The van der Waals surface area contributed by atoms with Gasteiger partial charge in [-0.05, 0) is 46.6 Å². The van der Waals surface area contributed by atoms with Crippen LogP contribution in [-0.2, 0) is 13.1 Å². The molecule has 1 aliphatic carbocycles. The molecule has 0 saturated heterocycles. The molecule has 6 heteroatoms. The molecule has 2 aromatic rings. The first-order valence-electron chi connectivity index (χ1n) is 7.83. The molecule has 0 unspecified atom stereocenters. The van der Waals surface area contributed by atoms with Crippen molar-refractivity contribution >= 4 is 5.95 Å². The van der Waals surface area contributed by atoms with E-state index in [1.54, 1.807) is 0 Å². The van der Waals surface area contributed by atoms with Crippen LogP contribution >= 0.6 is 0 Å². The Balaban J connectivity index is 1.89. The third kappa shape index (κ3) is 2.66. The Morgan fingerprint density at radius 2 is 2.00 bits per heavy atom. The Morgan fingerprint density at radius 3 is 2.52 bits per heavy atom. The first-order valence-corrected chi connectivity index (χ1v) is 7.83. The van der Waals surface area contributed by atoms with Gasteiger partial charge >= 0.3 is 0 Å². The van der Waals surface area contributed by atoms with Crippen molar-refractivity contribution in [3.05, 3.63) is 23.3 Å². The smallest absolute Gasteiger partial charge is 0.227 e. The highest BCUT2D eigenvalue weighted by atomic mass is 15.4. The van der Waals surface area contributed by atoms with Gasteiger partial charge in [0.25, 0.3) is 0 Å². The molecule has 1 aliphatic rings. The molecule has 21 heavy (non-hydrogen) atoms. The zero-order chi connectivity index (χ0) is 15.0. The Morgan fingerprint density at radius 1 is 1.24 bits per heavy atom. The summed E-state index contributed by atoms with van der Waals surface area (Å²) in [7, 11) is 0. The molecule has 0 aromatic carbocycles. The van der Waals surface area contributed by atoms with Gasteiger partial charge in [0.2, 0.25) is 5.95 Å². The molecule has 114 valence electrons. The van der Waals surface area contributed by atoms with E-state index in [0.29, 0.717) is 12.6 Å². The summed E-state index contributed by atoms with van der Waals surface area (Å²) in [5, 5.41) is 13.4. The average molecular weight is 288 g/mol. The molecule has 0 N–H and O–H groups in total. The summed E-state index contributed by atoms with van der Waals surface area (Å²) in [5.41, 5.74) is 2.21. The molecule has 6 nitrogen and oxygen atoms in total. The SMILES string of the molecule is CCN(c1nnc(Cn2nc(C)cc2C)n1CC)C1CC1. The molecule has 1 fully saturated rings. The zero-order valence-electron chi connectivity index (χ0n) is 13.4. The summed E-state index contributed by atoms with van der Waals surface area (Å²) < 4.78 is 4.22. The maximum absolute atomic E-state index is 4.52. The first-order chi connectivity index (χ1) is 10.1. The lowest BCUT2D eigenvalue weighted by Crippen LogP contribution is -2.28. The van der Waals surface area contributed by atoms with E-state index in [1.807, 2.05) is 11.6 Å². The van der Waals surface area contributed by atoms with Crippen LogP contribution in [0.15, 0.2) is 6.07 Å². The average Bonchev–Trinajstić information content (AvgIpc) is 3.13. The Hall–Kier alpha value is -1.85. The fourth-order valence-electron chi connectivity index (χ4n) is 2.90. The molecular formula is C15H24N6. The fraction of sp³-hybridized carbons (Fsp3) is 0.667. The number of anilines is 1. The van der Waals surface area contributed by atoms with Crippen LogP contribution in [-0.4, -0.2) is 37.1 Å². The summed E-state index contributed by atoms with van der Waals surface area (Å²) in [6, 6.07) is 2.75. The Kier molecular flexibility index (Phi) is 3.69. The van der Waals surface area contributed by atoms with Crippen LogP contribution in [0.1, 0.15) is 43.9 Å². The van der Waals surface area contributed by atoms with Gasteiger partial charge in [-0.1, -0.05) is 0 Å². The van der Waals surface area contributed by atoms with E-state index in [4.69, 9.17) is 0 Å². The molecular weight excluding hydrogens is 264 g/mol. The van der Waals surface area contributed by atoms with Crippen LogP contribution in [0.2, 0.25) is 0 Å². The Labute approximate surface area is 125 Å². The number of hydrogen-bond donors (Lipinski definition) is 0. The summed E-state index contributed by atoms with van der Waals surface area (Å²) in [4.78, 5) is 2.38. The predicted octanol–water partition coefficient (Wildman–Crippen LogP) is 2.15. The number of aryl methyl sites for hydroxylation is 2. The first kappa shape index (κ1) is 14.1. The summed E-state index contributed by atoms with van der Waals surface area (Å²) in [5.74, 6) is 2.00. The third-order valence-electron chi connectivity index (χ3n) is 4.10. The van der Waals surface area contributed by atoms with Crippen LogP contribution in [0.25, 0.3) is 0 Å². The van der Waals surface area contributed by atoms with E-state index < -0.39 is 0 Å². The van der Waals surface area contributed by atoms with Crippen LogP contribution in [0.3, 0.4) is 0 Å². The van der Waals surface area contributed by atoms with Crippen molar-refractivity contribution in [3.8, 4) is 0 Å². The largest absolute Gasteiger partial charge is 0.338 e. The molecule has 0 spiro atoms. The van der Waals surface area contributed by atoms with Crippen LogP contribution in [0.4, 0.5) is 5.95 Å². The molecule has 0 amide bonds. The quantitative estimate of drug-likeness (QED) is 0.817. The minimum Gasteiger partial charge on any atom is -0.338 e. The molecule has 2 aromatic heterocycles. The maximum Gasteiger partial charge on any atom is 0.227 e. The molecule has 3 rings (SSSR count). The lowest BCUT2D eigenvalue weighted by molar-refractivity contribution is 0.587. The highest BCUT2D eigenvalue weighted by Gasteiger charge is 2.31. The third-order valence-corrected chi connectivity index (χ3v) is 4.10. The molecule has 0 bridgehead atoms. The van der Waals surface area contributed by atoms with E-state index >= 15 is 0 Å². The van der Waals surface area contributed by atoms with Gasteiger partial charge in [0, 0.05) is 24.8 Å². The monoisotopic (exact) mass is 288 g/mol. The highest BCUT2D eigenvalue weighted by Crippen LogP contribution is 2.30. The molecule has 2 heterocycles. The van der Waals surface area contributed by atoms with Gasteiger partial charge in [-0.3, -0.25) is 9.25 Å². The Bertz CT molecular complexity index is 622. The minimum absolute atomic E-state index is 0.658. The van der Waals surface area contributed by atoms with Crippen molar-refractivity contribution in [1.29, 1.82) is 0 Å². The van der Waals surface area contributed by atoms with E-state index in [0.717, 1.165) is 36.3 Å². The maximum atomic E-state index is 4.52. The predicted molar refractivity (Wildman–Crippen MR) is 82.5 cm³/mol. The zero-order valence-corrected chi connectivity index (χ0v) is 13.4. The lowest BCUT2D eigenvalue weighted by Gasteiger charge is -2.22. The minimum atomic E-state index is 0.658. The summed E-state index contributed by atoms with van der Waals surface area (Å²) >= 11 is 0. The molecule has 1 saturated carbocycles. The van der Waals surface area contributed by atoms with E-state index in [2.05, 4.69) is 51.6 Å². The normalized spacial score (nSPS) is 14.7. The fourth-order valence-corrected chi connectivity index (χ4v) is 2.90. The molecule has 0 aliphatic heterocycles. The van der Waals surface area contributed by atoms with E-state index in [-0.39, 0.29) is 0 Å². The van der Waals surface area contributed by atoms with Crippen molar-refractivity contribution in [2.75, 3.05) is 11.4 Å². The van der Waals surface area contributed by atoms with Crippen molar-refractivity contribution < 1.29 is 0 Å². The van der Waals surface area contributed by atoms with Gasteiger partial charge in [0.15, 0.2) is 5.82 Å². The summed E-state index contributed by atoms with van der Waals surface area (Å²) in [6.45, 7) is 11.0. The van der Waals surface area contributed by atoms with Crippen molar-refractivity contribution in [2.45, 2.75) is 59.7 Å². The standard InChI is InChI=1S/C15H24N6/c1-5-19(13-7-8-13)15-17-16-14(20(15)6-2)10-21-12(4)9-11(3)18-21/h9,13H,5-8,10H2,1-4H3. The van der Waals surface area contributed by atoms with Crippen LogP contribution in [0.5, 0.6) is 0 Å². The number of rotatable bonds is 6. The van der Waals surface area contributed by atoms with Crippen molar-refractivity contribution in [2.24, 2.45) is 0 Å². The van der Waals surface area contributed by atoms with Gasteiger partial charge < -0.3 is 4.90 Å². The van der Waals surface area contributed by atoms with E-state index in [1.165, 1.54) is 12.8 Å². The van der Waals surface area contributed by atoms with Crippen LogP contribution in [0, 0.1) is 13.8 Å². The van der Waals surface area contributed by atoms with Crippen LogP contribution < -0.4 is 4.90 Å². The van der Waals surface area contributed by atoms with Gasteiger partial charge in [-0.25, -0.2) is 0 Å². The van der Waals surface area contributed by atoms with Gasteiger partial charge in [0.05, 0.1) is 5.69 Å². The second kappa shape index (κ2) is 5.50. The molecule has 0 atom stereocenters. The number of hydrogen-bond acceptors (Lipinski definition) is 4. The molecule has 0 radical (unpaired) electrons. The highest BCUT2D eigenvalue weighted by molar-refractivity contribution is 5.35. The van der Waals surface area contributed by atoms with Gasteiger partial charge in [-0.2, -0.15) is 5.10 Å². The van der Waals surface area contributed by atoms with Crippen molar-refractivity contribution in [3.63, 3.8) is 0 Å². The summed E-state index contributed by atoms with van der Waals surface area (Å²) in [6.07, 6.45) is 2.55.